The summed E-state index contributed by atoms with van der Waals surface area (Å²) in [5.41, 5.74) is 19.9. The lowest BCUT2D eigenvalue weighted by atomic mass is 10.1. The number of amides is 1. The fourth-order valence-electron chi connectivity index (χ4n) is 2.62. The molecule has 0 saturated heterocycles. The maximum Gasteiger partial charge on any atom is 0.260 e. The molecule has 0 aliphatic carbocycles. The predicted octanol–water partition coefficient (Wildman–Crippen LogP) is 3.35. The van der Waals surface area contributed by atoms with Crippen molar-refractivity contribution in [2.24, 2.45) is 5.73 Å². The van der Waals surface area contributed by atoms with Crippen LogP contribution in [-0.2, 0) is 0 Å². The van der Waals surface area contributed by atoms with Crippen LogP contribution in [0, 0.1) is 0 Å². The number of benzene rings is 1. The van der Waals surface area contributed by atoms with Crippen molar-refractivity contribution in [1.29, 1.82) is 0 Å². The lowest BCUT2D eigenvalue weighted by Crippen LogP contribution is -2.10. The van der Waals surface area contributed by atoms with Gasteiger partial charge in [0.15, 0.2) is 5.82 Å². The van der Waals surface area contributed by atoms with Gasteiger partial charge in [0.1, 0.15) is 9.71 Å². The monoisotopic (exact) mass is 367 g/mol. The number of nitrogens with zero attached hydrogens (tertiary/aromatic N) is 2. The molecule has 0 bridgehead atoms. The van der Waals surface area contributed by atoms with Crippen molar-refractivity contribution in [2.75, 3.05) is 11.5 Å². The fourth-order valence-corrected chi connectivity index (χ4v) is 4.22. The number of primary amides is 1. The number of fused-ring (bicyclic) bond motifs is 1. The van der Waals surface area contributed by atoms with Crippen LogP contribution in [0.5, 0.6) is 0 Å². The van der Waals surface area contributed by atoms with Crippen molar-refractivity contribution in [2.45, 2.75) is 0 Å². The van der Waals surface area contributed by atoms with Gasteiger partial charge < -0.3 is 17.2 Å². The third-order valence-electron chi connectivity index (χ3n) is 3.71. The third-order valence-corrected chi connectivity index (χ3v) is 5.69. The highest BCUT2D eigenvalue weighted by Gasteiger charge is 2.21. The summed E-state index contributed by atoms with van der Waals surface area (Å²) in [7, 11) is 0. The van der Waals surface area contributed by atoms with Gasteiger partial charge in [-0.25, -0.2) is 9.97 Å². The van der Waals surface area contributed by atoms with Crippen molar-refractivity contribution < 1.29 is 4.79 Å². The number of carbonyl (C=O) groups is 1. The first kappa shape index (κ1) is 15.6. The first-order chi connectivity index (χ1) is 12.0. The van der Waals surface area contributed by atoms with Gasteiger partial charge in [-0.3, -0.25) is 4.79 Å². The third kappa shape index (κ3) is 2.61. The van der Waals surface area contributed by atoms with Gasteiger partial charge in [-0.1, -0.05) is 18.2 Å². The Morgan fingerprint density at radius 3 is 2.60 bits per heavy atom. The van der Waals surface area contributed by atoms with E-state index in [0.29, 0.717) is 33.1 Å². The molecule has 124 valence electrons. The summed E-state index contributed by atoms with van der Waals surface area (Å²) in [6.07, 6.45) is 0. The number of nitrogen functional groups attached to an aromatic ring is 2. The topological polar surface area (TPSA) is 121 Å². The smallest absolute Gasteiger partial charge is 0.260 e. The lowest BCUT2D eigenvalue weighted by molar-refractivity contribution is 0.100. The molecule has 0 saturated carbocycles. The normalized spacial score (nSPS) is 11.0. The highest BCUT2D eigenvalue weighted by atomic mass is 32.1. The standard InChI is InChI=1S/C17H13N5OS2/c18-9-4-1-3-8(7-9)13-11-12(19)14(15(20)23)25-17(11)22-16(21-13)10-5-2-6-24-10/h1-7H,18-19H2,(H2,20,23). The van der Waals surface area contributed by atoms with Gasteiger partial charge in [-0.05, 0) is 23.6 Å². The van der Waals surface area contributed by atoms with Crippen molar-refractivity contribution in [3.63, 3.8) is 0 Å². The molecule has 1 amide bonds. The molecule has 0 fully saturated rings. The number of carbonyl (C=O) groups excluding carboxylic acids is 1. The zero-order chi connectivity index (χ0) is 17.6. The Kier molecular flexibility index (Phi) is 3.63. The molecule has 0 spiro atoms. The first-order valence-electron chi connectivity index (χ1n) is 7.34. The Morgan fingerprint density at radius 1 is 1.08 bits per heavy atom. The maximum absolute atomic E-state index is 11.7. The molecule has 8 heteroatoms. The predicted molar refractivity (Wildman–Crippen MR) is 104 cm³/mol. The Labute approximate surface area is 150 Å². The SMILES string of the molecule is NC(=O)c1sc2nc(-c3cccs3)nc(-c3cccc(N)c3)c2c1N. The van der Waals surface area contributed by atoms with Gasteiger partial charge in [-0.15, -0.1) is 22.7 Å². The van der Waals surface area contributed by atoms with E-state index in [9.17, 15) is 4.79 Å². The average molecular weight is 367 g/mol. The largest absolute Gasteiger partial charge is 0.399 e. The zero-order valence-electron chi connectivity index (χ0n) is 12.9. The van der Waals surface area contributed by atoms with Crippen molar-refractivity contribution in [3.05, 3.63) is 46.7 Å². The van der Waals surface area contributed by atoms with E-state index in [2.05, 4.69) is 4.98 Å². The second-order valence-electron chi connectivity index (χ2n) is 5.39. The Hall–Kier alpha value is -2.97. The maximum atomic E-state index is 11.7. The molecule has 6 nitrogen and oxygen atoms in total. The first-order valence-corrected chi connectivity index (χ1v) is 9.04. The van der Waals surface area contributed by atoms with Gasteiger partial charge in [0, 0.05) is 11.3 Å². The minimum absolute atomic E-state index is 0.290. The summed E-state index contributed by atoms with van der Waals surface area (Å²) in [5.74, 6) is 0.00824. The minimum atomic E-state index is -0.573. The second kappa shape index (κ2) is 5.83. The van der Waals surface area contributed by atoms with E-state index < -0.39 is 5.91 Å². The van der Waals surface area contributed by atoms with Gasteiger partial charge in [0.25, 0.3) is 5.91 Å². The van der Waals surface area contributed by atoms with Crippen molar-refractivity contribution in [1.82, 2.24) is 9.97 Å². The van der Waals surface area contributed by atoms with Gasteiger partial charge in [-0.2, -0.15) is 0 Å². The number of aromatic nitrogens is 2. The van der Waals surface area contributed by atoms with Crippen molar-refractivity contribution in [3.8, 4) is 22.0 Å². The zero-order valence-corrected chi connectivity index (χ0v) is 14.5. The Balaban J connectivity index is 2.08. The molecule has 0 radical (unpaired) electrons. The van der Waals surface area contributed by atoms with Crippen LogP contribution < -0.4 is 17.2 Å². The molecule has 25 heavy (non-hydrogen) atoms. The summed E-state index contributed by atoms with van der Waals surface area (Å²) >= 11 is 2.72. The summed E-state index contributed by atoms with van der Waals surface area (Å²) in [4.78, 5) is 22.8. The van der Waals surface area contributed by atoms with Crippen LogP contribution in [0.3, 0.4) is 0 Å². The van der Waals surface area contributed by atoms with Crippen LogP contribution in [0.4, 0.5) is 11.4 Å². The van der Waals surface area contributed by atoms with E-state index in [1.165, 1.54) is 11.3 Å². The molecule has 3 heterocycles. The van der Waals surface area contributed by atoms with E-state index in [4.69, 9.17) is 22.2 Å². The molecule has 0 unspecified atom stereocenters. The second-order valence-corrected chi connectivity index (χ2v) is 7.33. The molecule has 6 N–H and O–H groups in total. The van der Waals surface area contributed by atoms with Crippen LogP contribution in [0.25, 0.3) is 32.2 Å². The highest BCUT2D eigenvalue weighted by Crippen LogP contribution is 2.40. The van der Waals surface area contributed by atoms with Crippen LogP contribution in [-0.4, -0.2) is 15.9 Å². The van der Waals surface area contributed by atoms with Crippen LogP contribution >= 0.6 is 22.7 Å². The van der Waals surface area contributed by atoms with Gasteiger partial charge in [0.05, 0.1) is 21.6 Å². The molecule has 3 aromatic heterocycles. The van der Waals surface area contributed by atoms with Crippen LogP contribution in [0.2, 0.25) is 0 Å². The van der Waals surface area contributed by atoms with Gasteiger partial charge in [0.2, 0.25) is 0 Å². The molecular formula is C17H13N5OS2. The highest BCUT2D eigenvalue weighted by molar-refractivity contribution is 7.21. The van der Waals surface area contributed by atoms with Crippen LogP contribution in [0.1, 0.15) is 9.67 Å². The minimum Gasteiger partial charge on any atom is -0.399 e. The van der Waals surface area contributed by atoms with E-state index >= 15 is 0 Å². The van der Waals surface area contributed by atoms with E-state index in [-0.39, 0.29) is 4.88 Å². The molecule has 0 aliphatic rings. The van der Waals surface area contributed by atoms with Gasteiger partial charge >= 0.3 is 0 Å². The number of nitrogens with two attached hydrogens (primary N) is 3. The molecular weight excluding hydrogens is 354 g/mol. The van der Waals surface area contributed by atoms with E-state index in [1.54, 1.807) is 17.4 Å². The average Bonchev–Trinajstić information content (AvgIpc) is 3.22. The number of hydrogen-bond acceptors (Lipinski definition) is 7. The molecule has 4 rings (SSSR count). The lowest BCUT2D eigenvalue weighted by Gasteiger charge is -2.07. The summed E-state index contributed by atoms with van der Waals surface area (Å²) in [6, 6.07) is 11.2. The number of rotatable bonds is 3. The summed E-state index contributed by atoms with van der Waals surface area (Å²) in [6.45, 7) is 0. The molecule has 1 aromatic carbocycles. The quantitative estimate of drug-likeness (QED) is 0.479. The summed E-state index contributed by atoms with van der Waals surface area (Å²) < 4.78 is 0. The molecule has 0 aliphatic heterocycles. The fraction of sp³-hybridized carbons (Fsp3) is 0. The van der Waals surface area contributed by atoms with E-state index in [0.717, 1.165) is 10.4 Å². The van der Waals surface area contributed by atoms with E-state index in [1.807, 2.05) is 35.7 Å². The number of thiophene rings is 2. The number of hydrogen-bond donors (Lipinski definition) is 3. The molecule has 4 aromatic rings. The summed E-state index contributed by atoms with van der Waals surface area (Å²) in [5, 5.41) is 2.59. The van der Waals surface area contributed by atoms with Crippen molar-refractivity contribution >= 4 is 50.2 Å². The Bertz CT molecular complexity index is 1100. The molecule has 0 atom stereocenters. The van der Waals surface area contributed by atoms with Crippen LogP contribution in [0.15, 0.2) is 41.8 Å². The Morgan fingerprint density at radius 2 is 1.92 bits per heavy atom. The number of anilines is 2.